The van der Waals surface area contributed by atoms with E-state index >= 15 is 0 Å². The summed E-state index contributed by atoms with van der Waals surface area (Å²) in [6, 6.07) is 0. The average Bonchev–Trinajstić information content (AvgIpc) is 3.02. The predicted octanol–water partition coefficient (Wildman–Crippen LogP) is 3.67. The lowest BCUT2D eigenvalue weighted by atomic mass is 9.43. The molecule has 4 aliphatic rings. The number of rotatable bonds is 8. The van der Waals surface area contributed by atoms with Gasteiger partial charge in [-0.05, 0) is 95.1 Å². The molecule has 0 aromatic heterocycles. The molecule has 0 amide bonds. The highest BCUT2D eigenvalue weighted by atomic mass is 16.6. The Hall–Kier alpha value is -0.690. The molecular formula is C26H47N3O3. The molecule has 184 valence electrons. The van der Waals surface area contributed by atoms with Crippen molar-refractivity contribution >= 4 is 6.21 Å². The first-order valence-corrected chi connectivity index (χ1v) is 13.1. The summed E-state index contributed by atoms with van der Waals surface area (Å²) in [4.78, 5) is 7.62. The van der Waals surface area contributed by atoms with Gasteiger partial charge in [-0.15, -0.1) is 0 Å². The third kappa shape index (κ3) is 4.14. The van der Waals surface area contributed by atoms with Crippen LogP contribution >= 0.6 is 0 Å². The van der Waals surface area contributed by atoms with Gasteiger partial charge in [0.1, 0.15) is 6.61 Å². The van der Waals surface area contributed by atoms with Crippen molar-refractivity contribution in [2.75, 3.05) is 40.4 Å². The van der Waals surface area contributed by atoms with E-state index < -0.39 is 5.60 Å². The number of oxime groups is 1. The normalized spacial score (nSPS) is 46.2. The SMILES string of the molecule is CN(C)CCON=C[C@H]1CC[C@]2(O)[C@@H]3CC[C@@H]4C[C@@H](OCCN)CC[C@]4(C)[C@H]3CC[C@]12C. The molecule has 0 heterocycles. The lowest BCUT2D eigenvalue weighted by Crippen LogP contribution is -2.62. The molecule has 4 aliphatic carbocycles. The Morgan fingerprint density at radius 2 is 1.84 bits per heavy atom. The van der Waals surface area contributed by atoms with Crippen molar-refractivity contribution in [3.05, 3.63) is 0 Å². The standard InChI is InChI=1S/C26H47N3O3/c1-24-10-8-21(31-15-13-27)17-19(24)5-6-23-22(24)9-11-25(2)20(7-12-26(23,25)30)18-28-32-16-14-29(3)4/h18-23,30H,5-17,27H2,1-4H3/t19-,20-,21+,22+,23-,24+,25-,26+/m1/s1. The number of nitrogens with zero attached hydrogens (tertiary/aromatic N) is 2. The zero-order valence-electron chi connectivity index (χ0n) is 20.9. The van der Waals surface area contributed by atoms with Crippen molar-refractivity contribution in [3.8, 4) is 0 Å². The summed E-state index contributed by atoms with van der Waals surface area (Å²) in [5.74, 6) is 2.06. The van der Waals surface area contributed by atoms with Gasteiger partial charge in [-0.25, -0.2) is 0 Å². The van der Waals surface area contributed by atoms with E-state index in [0.29, 0.717) is 49.0 Å². The molecule has 3 N–H and O–H groups in total. The molecule has 4 fully saturated rings. The second-order valence-corrected chi connectivity index (χ2v) is 12.0. The van der Waals surface area contributed by atoms with Crippen LogP contribution in [0.1, 0.15) is 71.6 Å². The molecule has 0 bridgehead atoms. The minimum Gasteiger partial charge on any atom is -0.395 e. The third-order valence-corrected chi connectivity index (χ3v) is 10.3. The molecule has 0 saturated heterocycles. The van der Waals surface area contributed by atoms with E-state index in [1.165, 1.54) is 25.7 Å². The Labute approximate surface area is 195 Å². The van der Waals surface area contributed by atoms with E-state index in [1.807, 2.05) is 20.3 Å². The molecule has 0 aromatic carbocycles. The number of hydrogen-bond acceptors (Lipinski definition) is 6. The van der Waals surface area contributed by atoms with Crippen LogP contribution in [-0.2, 0) is 9.57 Å². The van der Waals surface area contributed by atoms with E-state index in [-0.39, 0.29) is 5.41 Å². The van der Waals surface area contributed by atoms with Crippen LogP contribution < -0.4 is 5.73 Å². The van der Waals surface area contributed by atoms with Crippen LogP contribution in [0, 0.1) is 34.5 Å². The molecule has 4 rings (SSSR count). The van der Waals surface area contributed by atoms with Gasteiger partial charge in [0, 0.05) is 30.6 Å². The minimum atomic E-state index is -0.572. The largest absolute Gasteiger partial charge is 0.395 e. The fourth-order valence-corrected chi connectivity index (χ4v) is 8.24. The van der Waals surface area contributed by atoms with E-state index in [2.05, 4.69) is 23.9 Å². The third-order valence-electron chi connectivity index (χ3n) is 10.3. The van der Waals surface area contributed by atoms with Crippen LogP contribution in [0.15, 0.2) is 5.16 Å². The van der Waals surface area contributed by atoms with Gasteiger partial charge in [0.25, 0.3) is 0 Å². The average molecular weight is 450 g/mol. The van der Waals surface area contributed by atoms with Crippen molar-refractivity contribution in [2.24, 2.45) is 45.4 Å². The molecule has 0 spiro atoms. The van der Waals surface area contributed by atoms with Crippen molar-refractivity contribution in [3.63, 3.8) is 0 Å². The molecule has 8 atom stereocenters. The van der Waals surface area contributed by atoms with Crippen LogP contribution in [-0.4, -0.2) is 68.3 Å². The highest BCUT2D eigenvalue weighted by molar-refractivity contribution is 5.63. The fourth-order valence-electron chi connectivity index (χ4n) is 8.24. The maximum Gasteiger partial charge on any atom is 0.129 e. The Bertz CT molecular complexity index is 673. The summed E-state index contributed by atoms with van der Waals surface area (Å²) in [7, 11) is 4.08. The summed E-state index contributed by atoms with van der Waals surface area (Å²) in [6.45, 7) is 7.63. The fraction of sp³-hybridized carbons (Fsp3) is 0.962. The van der Waals surface area contributed by atoms with Crippen molar-refractivity contribution in [2.45, 2.75) is 83.3 Å². The van der Waals surface area contributed by atoms with E-state index in [9.17, 15) is 5.11 Å². The zero-order chi connectivity index (χ0) is 23.0. The molecule has 32 heavy (non-hydrogen) atoms. The molecule has 4 saturated carbocycles. The minimum absolute atomic E-state index is 0.0901. The van der Waals surface area contributed by atoms with E-state index in [0.717, 1.165) is 44.6 Å². The second-order valence-electron chi connectivity index (χ2n) is 12.0. The monoisotopic (exact) mass is 449 g/mol. The Kier molecular flexibility index (Phi) is 7.27. The van der Waals surface area contributed by atoms with Crippen LogP contribution in [0.2, 0.25) is 0 Å². The number of ether oxygens (including phenoxy) is 1. The topological polar surface area (TPSA) is 80.3 Å². The van der Waals surface area contributed by atoms with E-state index in [1.54, 1.807) is 0 Å². The summed E-state index contributed by atoms with van der Waals surface area (Å²) in [5, 5.41) is 16.6. The zero-order valence-corrected chi connectivity index (χ0v) is 20.9. The maximum atomic E-state index is 12.2. The Morgan fingerprint density at radius 3 is 2.59 bits per heavy atom. The quantitative estimate of drug-likeness (QED) is 0.336. The number of aliphatic hydroxyl groups is 1. The molecule has 0 aliphatic heterocycles. The van der Waals surface area contributed by atoms with Gasteiger partial charge < -0.3 is 25.3 Å². The molecule has 0 radical (unpaired) electrons. The van der Waals surface area contributed by atoms with Crippen LogP contribution in [0.5, 0.6) is 0 Å². The van der Waals surface area contributed by atoms with Crippen molar-refractivity contribution in [1.29, 1.82) is 0 Å². The molecule has 6 heteroatoms. The van der Waals surface area contributed by atoms with Crippen LogP contribution in [0.25, 0.3) is 0 Å². The number of hydrogen-bond donors (Lipinski definition) is 2. The first-order valence-electron chi connectivity index (χ1n) is 13.1. The highest BCUT2D eigenvalue weighted by Gasteiger charge is 2.67. The molecule has 6 nitrogen and oxygen atoms in total. The van der Waals surface area contributed by atoms with Crippen molar-refractivity contribution < 1.29 is 14.7 Å². The number of likely N-dealkylation sites (N-methyl/N-ethyl adjacent to an activating group) is 1. The summed E-state index contributed by atoms with van der Waals surface area (Å²) in [6.07, 6.45) is 12.6. The smallest absolute Gasteiger partial charge is 0.129 e. The molecule has 0 aromatic rings. The van der Waals surface area contributed by atoms with Gasteiger partial charge >= 0.3 is 0 Å². The van der Waals surface area contributed by atoms with Crippen LogP contribution in [0.4, 0.5) is 0 Å². The van der Waals surface area contributed by atoms with Gasteiger partial charge in [-0.2, -0.15) is 0 Å². The lowest BCUT2D eigenvalue weighted by Gasteiger charge is -2.63. The van der Waals surface area contributed by atoms with Crippen LogP contribution in [0.3, 0.4) is 0 Å². The molecule has 0 unspecified atom stereocenters. The first-order chi connectivity index (χ1) is 15.2. The van der Waals surface area contributed by atoms with Gasteiger partial charge in [0.2, 0.25) is 0 Å². The van der Waals surface area contributed by atoms with E-state index in [4.69, 9.17) is 15.3 Å². The first kappa shape index (κ1) is 24.4. The highest BCUT2D eigenvalue weighted by Crippen LogP contribution is 2.68. The number of fused-ring (bicyclic) bond motifs is 5. The maximum absolute atomic E-state index is 12.2. The van der Waals surface area contributed by atoms with Gasteiger partial charge in [-0.1, -0.05) is 19.0 Å². The second kappa shape index (κ2) is 9.52. The predicted molar refractivity (Wildman–Crippen MR) is 128 cm³/mol. The summed E-state index contributed by atoms with van der Waals surface area (Å²) in [5.41, 5.74) is 5.34. The van der Waals surface area contributed by atoms with Gasteiger partial charge in [0.05, 0.1) is 18.3 Å². The van der Waals surface area contributed by atoms with Gasteiger partial charge in [0.15, 0.2) is 0 Å². The van der Waals surface area contributed by atoms with Crippen molar-refractivity contribution in [1.82, 2.24) is 4.90 Å². The Balaban J connectivity index is 1.44. The van der Waals surface area contributed by atoms with Gasteiger partial charge in [-0.3, -0.25) is 0 Å². The summed E-state index contributed by atoms with van der Waals surface area (Å²) < 4.78 is 6.05. The summed E-state index contributed by atoms with van der Waals surface area (Å²) >= 11 is 0. The lowest BCUT2D eigenvalue weighted by molar-refractivity contribution is -0.207. The Morgan fingerprint density at radius 1 is 1.03 bits per heavy atom. The number of nitrogens with two attached hydrogens (primary N) is 1. The molecular weight excluding hydrogens is 402 g/mol.